The Kier molecular flexibility index (Phi) is 58.7. The standard InChI is InChI=1S/C13H19N.5CO.Cr/c1-6-7-8-11-14(5)12-9-10-13(2,3)4;5*1-2;/h8,11H2,1-5H3;;;;;;. The van der Waals surface area contributed by atoms with Crippen LogP contribution in [0.15, 0.2) is 0 Å². The van der Waals surface area contributed by atoms with Crippen molar-refractivity contribution in [1.29, 1.82) is 0 Å². The molecule has 0 aliphatic carbocycles. The van der Waals surface area contributed by atoms with E-state index >= 15 is 0 Å². The maximum absolute atomic E-state index is 7.50. The van der Waals surface area contributed by atoms with Crippen LogP contribution < -0.4 is 0 Å². The van der Waals surface area contributed by atoms with Crippen molar-refractivity contribution < 1.29 is 39.1 Å². The van der Waals surface area contributed by atoms with E-state index in [2.05, 4.69) is 98.5 Å². The van der Waals surface area contributed by atoms with Crippen LogP contribution in [0.2, 0.25) is 0 Å². The number of nitrogens with zero attached hydrogens (tertiary/aromatic N) is 1. The van der Waals surface area contributed by atoms with Gasteiger partial charge >= 0.3 is 159 Å². The summed E-state index contributed by atoms with van der Waals surface area (Å²) in [6.45, 7) is 31.6. The summed E-state index contributed by atoms with van der Waals surface area (Å²) in [6.07, 6.45) is 0.884. The average molecular weight is 381 g/mol. The average Bonchev–Trinajstić information content (AvgIpc) is 2.67. The maximum atomic E-state index is 7.50. The summed E-state index contributed by atoms with van der Waals surface area (Å²) in [5.74, 6) is 12.3. The Bertz CT molecular complexity index is 493. The second kappa shape index (κ2) is 38.0. The molecule has 25 heavy (non-hydrogen) atoms. The Morgan fingerprint density at radius 3 is 1.56 bits per heavy atom. The first-order chi connectivity index (χ1) is 11.9. The summed E-state index contributed by atoms with van der Waals surface area (Å²) in [4.78, 5) is 2.10. The third-order valence-corrected chi connectivity index (χ3v) is 2.29. The Morgan fingerprint density at radius 2 is 1.28 bits per heavy atom. The molecular formula is C18H19CrNO5. The van der Waals surface area contributed by atoms with E-state index in [1.807, 2.05) is 14.0 Å². The van der Waals surface area contributed by atoms with Crippen LogP contribution in [0.5, 0.6) is 0 Å². The van der Waals surface area contributed by atoms with Crippen molar-refractivity contribution in [2.45, 2.75) is 34.1 Å². The molecule has 0 aromatic rings. The topological polar surface area (TPSA) is 103 Å². The van der Waals surface area contributed by atoms with Gasteiger partial charge in [0.15, 0.2) is 0 Å². The Morgan fingerprint density at radius 1 is 0.920 bits per heavy atom. The van der Waals surface area contributed by atoms with Gasteiger partial charge in [0.25, 0.3) is 0 Å². The molecule has 0 saturated heterocycles. The van der Waals surface area contributed by atoms with Crippen LogP contribution in [-0.2, 0) is 39.1 Å². The SMILES string of the molecule is CC#CCCN(C)[C](=[Cr])C#CC(C)(C)C.[C-]#[O+].[C-]#[O+].[C-]#[O+].[C-]#[O+].[C-]#[O+]. The van der Waals surface area contributed by atoms with Crippen molar-refractivity contribution in [1.82, 2.24) is 4.90 Å². The molecule has 0 radical (unpaired) electrons. The monoisotopic (exact) mass is 381 g/mol. The van der Waals surface area contributed by atoms with Gasteiger partial charge in [-0.3, -0.25) is 0 Å². The molecule has 0 aliphatic heterocycles. The third-order valence-electron chi connectivity index (χ3n) is 1.64. The molecule has 7 heteroatoms. The van der Waals surface area contributed by atoms with Gasteiger partial charge in [-0.15, -0.1) is 0 Å². The van der Waals surface area contributed by atoms with Crippen LogP contribution >= 0.6 is 0 Å². The molecule has 0 fully saturated rings. The molecule has 0 spiro atoms. The van der Waals surface area contributed by atoms with E-state index in [9.17, 15) is 0 Å². The van der Waals surface area contributed by atoms with Crippen molar-refractivity contribution in [2.24, 2.45) is 5.41 Å². The summed E-state index contributed by atoms with van der Waals surface area (Å²) in [5, 5.41) is 0. The van der Waals surface area contributed by atoms with E-state index in [-0.39, 0.29) is 5.41 Å². The minimum absolute atomic E-state index is 0.0547. The van der Waals surface area contributed by atoms with Crippen LogP contribution in [0.3, 0.4) is 0 Å². The van der Waals surface area contributed by atoms with E-state index in [0.29, 0.717) is 0 Å². The second-order valence-corrected chi connectivity index (χ2v) is 5.01. The molecular weight excluding hydrogens is 362 g/mol. The van der Waals surface area contributed by atoms with Crippen molar-refractivity contribution >= 4 is 4.50 Å². The molecule has 0 aliphatic rings. The fourth-order valence-electron chi connectivity index (χ4n) is 0.787. The van der Waals surface area contributed by atoms with Crippen LogP contribution in [0.4, 0.5) is 0 Å². The molecule has 0 heterocycles. The van der Waals surface area contributed by atoms with Crippen LogP contribution in [0.25, 0.3) is 0 Å². The number of rotatable bonds is 3. The van der Waals surface area contributed by atoms with Gasteiger partial charge in [-0.05, 0) is 0 Å². The first kappa shape index (κ1) is 38.6. The first-order valence-electron chi connectivity index (χ1n) is 6.07. The van der Waals surface area contributed by atoms with Crippen molar-refractivity contribution in [3.05, 3.63) is 33.3 Å². The molecule has 0 aromatic carbocycles. The zero-order chi connectivity index (χ0) is 21.9. The minimum atomic E-state index is 0.0547. The van der Waals surface area contributed by atoms with Gasteiger partial charge in [0.1, 0.15) is 0 Å². The number of hydrogen-bond donors (Lipinski definition) is 0. The predicted octanol–water partition coefficient (Wildman–Crippen LogP) is 1.87. The van der Waals surface area contributed by atoms with Gasteiger partial charge in [-0.2, -0.15) is 0 Å². The van der Waals surface area contributed by atoms with Gasteiger partial charge in [-0.1, -0.05) is 0 Å². The molecule has 0 bridgehead atoms. The summed E-state index contributed by atoms with van der Waals surface area (Å²) in [6, 6.07) is 0. The van der Waals surface area contributed by atoms with E-state index in [1.165, 1.54) is 0 Å². The summed E-state index contributed by atoms with van der Waals surface area (Å²) >= 11 is 3.00. The summed E-state index contributed by atoms with van der Waals surface area (Å²) in [7, 11) is 2.03. The molecule has 0 saturated carbocycles. The van der Waals surface area contributed by atoms with Gasteiger partial charge in [0.05, 0.1) is 0 Å². The number of hydrogen-bond acceptors (Lipinski definition) is 1. The normalized spacial score (nSPS) is 6.40. The quantitative estimate of drug-likeness (QED) is 0.416. The van der Waals surface area contributed by atoms with Crippen molar-refractivity contribution in [2.75, 3.05) is 13.6 Å². The molecule has 0 unspecified atom stereocenters. The van der Waals surface area contributed by atoms with Crippen molar-refractivity contribution in [3.63, 3.8) is 0 Å². The Balaban J connectivity index is -0.0000000768. The summed E-state index contributed by atoms with van der Waals surface area (Å²) in [5.41, 5.74) is 0.0547. The molecule has 6 nitrogen and oxygen atoms in total. The molecule has 0 N–H and O–H groups in total. The molecule has 0 aromatic heterocycles. The van der Waals surface area contributed by atoms with Gasteiger partial charge in [0, 0.05) is 0 Å². The van der Waals surface area contributed by atoms with Gasteiger partial charge < -0.3 is 0 Å². The Hall–Kier alpha value is -1.82. The molecule has 132 valence electrons. The Labute approximate surface area is 158 Å². The first-order valence-corrected chi connectivity index (χ1v) is 6.70. The van der Waals surface area contributed by atoms with E-state index < -0.39 is 0 Å². The van der Waals surface area contributed by atoms with Crippen LogP contribution in [0, 0.1) is 62.3 Å². The van der Waals surface area contributed by atoms with Gasteiger partial charge in [0.2, 0.25) is 0 Å². The molecule has 0 atom stereocenters. The third kappa shape index (κ3) is 52.0. The van der Waals surface area contributed by atoms with E-state index in [4.69, 9.17) is 23.3 Å². The van der Waals surface area contributed by atoms with Gasteiger partial charge in [-0.25, -0.2) is 0 Å². The second-order valence-electron chi connectivity index (χ2n) is 4.40. The fourth-order valence-corrected chi connectivity index (χ4v) is 1.01. The van der Waals surface area contributed by atoms with Crippen LogP contribution in [0.1, 0.15) is 34.1 Å². The fraction of sp³-hybridized carbons (Fsp3) is 0.444. The molecule has 0 amide bonds. The van der Waals surface area contributed by atoms with Crippen LogP contribution in [-0.4, -0.2) is 23.0 Å². The predicted molar refractivity (Wildman–Crippen MR) is 82.6 cm³/mol. The van der Waals surface area contributed by atoms with E-state index in [1.54, 1.807) is 0 Å². The zero-order valence-electron chi connectivity index (χ0n) is 14.8. The zero-order valence-corrected chi connectivity index (χ0v) is 16.1. The molecule has 0 rings (SSSR count). The van der Waals surface area contributed by atoms with Crippen molar-refractivity contribution in [3.8, 4) is 23.7 Å². The summed E-state index contributed by atoms with van der Waals surface area (Å²) < 4.78 is 38.5. The van der Waals surface area contributed by atoms with E-state index in [0.717, 1.165) is 17.5 Å².